The molecule has 1 N–H and O–H groups in total. The summed E-state index contributed by atoms with van der Waals surface area (Å²) in [4.78, 5) is 5.11. The van der Waals surface area contributed by atoms with Crippen LogP contribution in [0.5, 0.6) is 11.5 Å². The van der Waals surface area contributed by atoms with Crippen molar-refractivity contribution in [3.05, 3.63) is 65.7 Å². The Hall–Kier alpha value is -3.11. The highest BCUT2D eigenvalue weighted by molar-refractivity contribution is 6.09. The average molecular weight is 370 g/mol. The number of nitrogens with one attached hydrogen (secondary N) is 1. The number of ether oxygens (including phenoxy) is 2. The van der Waals surface area contributed by atoms with E-state index in [9.17, 15) is 0 Å². The van der Waals surface area contributed by atoms with Crippen LogP contribution in [0.2, 0.25) is 0 Å². The van der Waals surface area contributed by atoms with Gasteiger partial charge < -0.3 is 14.8 Å². The minimum atomic E-state index is 0.777. The van der Waals surface area contributed by atoms with Gasteiger partial charge in [0.05, 0.1) is 25.4 Å². The van der Waals surface area contributed by atoms with Crippen LogP contribution in [0.15, 0.2) is 54.6 Å². The fourth-order valence-corrected chi connectivity index (χ4v) is 4.26. The van der Waals surface area contributed by atoms with Crippen LogP contribution in [-0.4, -0.2) is 25.7 Å². The molecule has 0 unspecified atom stereocenters. The summed E-state index contributed by atoms with van der Waals surface area (Å²) in [7, 11) is 3.36. The first-order valence-electron chi connectivity index (χ1n) is 9.56. The van der Waals surface area contributed by atoms with Gasteiger partial charge in [-0.05, 0) is 53.1 Å². The van der Waals surface area contributed by atoms with E-state index in [2.05, 4.69) is 41.7 Å². The summed E-state index contributed by atoms with van der Waals surface area (Å²) in [5.74, 6) is 1.55. The topological polar surface area (TPSA) is 43.4 Å². The van der Waals surface area contributed by atoms with E-state index in [0.717, 1.165) is 47.8 Å². The number of aromatic nitrogens is 1. The fraction of sp³-hybridized carbons (Fsp3) is 0.208. The number of hydrogen-bond donors (Lipinski definition) is 1. The Kier molecular flexibility index (Phi) is 4.14. The molecule has 1 aliphatic rings. The largest absolute Gasteiger partial charge is 0.497 e. The normalized spacial score (nSPS) is 13.5. The summed E-state index contributed by atoms with van der Waals surface area (Å²) in [5.41, 5.74) is 5.68. The number of benzene rings is 3. The van der Waals surface area contributed by atoms with E-state index in [-0.39, 0.29) is 0 Å². The second-order valence-electron chi connectivity index (χ2n) is 7.09. The number of nitrogens with zero attached hydrogens (tertiary/aromatic N) is 1. The molecule has 0 spiro atoms. The molecule has 0 aliphatic carbocycles. The van der Waals surface area contributed by atoms with Crippen LogP contribution in [0.4, 0.5) is 0 Å². The third-order valence-electron chi connectivity index (χ3n) is 5.61. The lowest BCUT2D eigenvalue weighted by Gasteiger charge is -2.24. The van der Waals surface area contributed by atoms with E-state index in [1.165, 1.54) is 27.3 Å². The molecule has 140 valence electrons. The number of pyridine rings is 1. The first-order valence-corrected chi connectivity index (χ1v) is 9.56. The molecular weight excluding hydrogens is 348 g/mol. The molecule has 0 bridgehead atoms. The molecule has 4 nitrogen and oxygen atoms in total. The predicted octanol–water partition coefficient (Wildman–Crippen LogP) is 4.72. The fourth-order valence-electron chi connectivity index (χ4n) is 4.26. The van der Waals surface area contributed by atoms with Crippen LogP contribution in [0.1, 0.15) is 11.1 Å². The van der Waals surface area contributed by atoms with E-state index in [0.29, 0.717) is 0 Å². The van der Waals surface area contributed by atoms with Crippen molar-refractivity contribution in [3.63, 3.8) is 0 Å². The van der Waals surface area contributed by atoms with Crippen LogP contribution >= 0.6 is 0 Å². The molecule has 0 atom stereocenters. The van der Waals surface area contributed by atoms with Gasteiger partial charge in [-0.15, -0.1) is 0 Å². The highest BCUT2D eigenvalue weighted by Gasteiger charge is 2.22. The number of hydrogen-bond acceptors (Lipinski definition) is 4. The van der Waals surface area contributed by atoms with Gasteiger partial charge in [0.2, 0.25) is 0 Å². The van der Waals surface area contributed by atoms with Crippen molar-refractivity contribution in [3.8, 4) is 22.8 Å². The van der Waals surface area contributed by atoms with Crippen molar-refractivity contribution in [1.29, 1.82) is 0 Å². The second kappa shape index (κ2) is 6.80. The third-order valence-corrected chi connectivity index (χ3v) is 5.61. The lowest BCUT2D eigenvalue weighted by Crippen LogP contribution is -2.25. The minimum absolute atomic E-state index is 0.777. The maximum Gasteiger partial charge on any atom is 0.131 e. The van der Waals surface area contributed by atoms with Gasteiger partial charge in [-0.3, -0.25) is 0 Å². The number of rotatable bonds is 3. The van der Waals surface area contributed by atoms with Gasteiger partial charge in [0.25, 0.3) is 0 Å². The standard InChI is InChI=1S/C24H22N2O2/c1-27-16-8-9-19(22(13-16)28-2)24-20-14-25-12-11-18(20)23-17-6-4-3-5-15(17)7-10-21(23)26-24/h3-10,13,25H,11-12,14H2,1-2H3. The van der Waals surface area contributed by atoms with Crippen molar-refractivity contribution in [2.75, 3.05) is 20.8 Å². The van der Waals surface area contributed by atoms with Gasteiger partial charge in [-0.25, -0.2) is 4.98 Å². The second-order valence-corrected chi connectivity index (χ2v) is 7.09. The third kappa shape index (κ3) is 2.60. The molecule has 1 aromatic heterocycles. The maximum atomic E-state index is 5.68. The predicted molar refractivity (Wildman–Crippen MR) is 113 cm³/mol. The summed E-state index contributed by atoms with van der Waals surface area (Å²) >= 11 is 0. The summed E-state index contributed by atoms with van der Waals surface area (Å²) in [5, 5.41) is 7.34. The molecule has 2 heterocycles. The molecule has 0 radical (unpaired) electrons. The molecule has 0 saturated carbocycles. The van der Waals surface area contributed by atoms with E-state index in [4.69, 9.17) is 14.5 Å². The van der Waals surface area contributed by atoms with Crippen LogP contribution in [-0.2, 0) is 13.0 Å². The molecule has 0 amide bonds. The van der Waals surface area contributed by atoms with Crippen molar-refractivity contribution in [2.24, 2.45) is 0 Å². The molecular formula is C24H22N2O2. The Morgan fingerprint density at radius 3 is 2.68 bits per heavy atom. The Balaban J connectivity index is 1.85. The first kappa shape index (κ1) is 17.0. The van der Waals surface area contributed by atoms with Gasteiger partial charge in [-0.2, -0.15) is 0 Å². The molecule has 28 heavy (non-hydrogen) atoms. The quantitative estimate of drug-likeness (QED) is 0.530. The van der Waals surface area contributed by atoms with Gasteiger partial charge in [0.15, 0.2) is 0 Å². The molecule has 3 aromatic carbocycles. The Morgan fingerprint density at radius 1 is 0.929 bits per heavy atom. The Bertz CT molecular complexity index is 1200. The summed E-state index contributed by atoms with van der Waals surface area (Å²) in [6, 6.07) is 18.8. The van der Waals surface area contributed by atoms with Crippen molar-refractivity contribution >= 4 is 21.7 Å². The summed E-state index contributed by atoms with van der Waals surface area (Å²) in [6.45, 7) is 1.79. The van der Waals surface area contributed by atoms with E-state index >= 15 is 0 Å². The van der Waals surface area contributed by atoms with Gasteiger partial charge in [0.1, 0.15) is 11.5 Å². The average Bonchev–Trinajstić information content (AvgIpc) is 2.77. The zero-order chi connectivity index (χ0) is 19.1. The zero-order valence-corrected chi connectivity index (χ0v) is 16.1. The lowest BCUT2D eigenvalue weighted by molar-refractivity contribution is 0.395. The smallest absolute Gasteiger partial charge is 0.131 e. The Morgan fingerprint density at radius 2 is 1.82 bits per heavy atom. The highest BCUT2D eigenvalue weighted by atomic mass is 16.5. The van der Waals surface area contributed by atoms with Crippen LogP contribution in [0.3, 0.4) is 0 Å². The van der Waals surface area contributed by atoms with Crippen LogP contribution in [0, 0.1) is 0 Å². The highest BCUT2D eigenvalue weighted by Crippen LogP contribution is 2.39. The number of fused-ring (bicyclic) bond motifs is 5. The molecule has 5 rings (SSSR count). The van der Waals surface area contributed by atoms with Gasteiger partial charge in [-0.1, -0.05) is 30.3 Å². The van der Waals surface area contributed by atoms with Crippen molar-refractivity contribution in [1.82, 2.24) is 10.3 Å². The molecule has 4 heteroatoms. The SMILES string of the molecule is COc1ccc(-c2nc3ccc4ccccc4c3c3c2CNCC3)c(OC)c1. The first-order chi connectivity index (χ1) is 13.8. The molecule has 1 aliphatic heterocycles. The Labute approximate surface area is 164 Å². The van der Waals surface area contributed by atoms with Crippen LogP contribution < -0.4 is 14.8 Å². The molecule has 0 saturated heterocycles. The number of methoxy groups -OCH3 is 2. The molecule has 0 fully saturated rings. The minimum Gasteiger partial charge on any atom is -0.497 e. The van der Waals surface area contributed by atoms with Gasteiger partial charge >= 0.3 is 0 Å². The van der Waals surface area contributed by atoms with E-state index in [1.54, 1.807) is 14.2 Å². The lowest BCUT2D eigenvalue weighted by atomic mass is 9.90. The summed E-state index contributed by atoms with van der Waals surface area (Å²) < 4.78 is 11.0. The van der Waals surface area contributed by atoms with E-state index < -0.39 is 0 Å². The van der Waals surface area contributed by atoms with Crippen molar-refractivity contribution in [2.45, 2.75) is 13.0 Å². The van der Waals surface area contributed by atoms with Gasteiger partial charge in [0, 0.05) is 23.6 Å². The van der Waals surface area contributed by atoms with Crippen LogP contribution in [0.25, 0.3) is 32.9 Å². The van der Waals surface area contributed by atoms with Crippen molar-refractivity contribution < 1.29 is 9.47 Å². The van der Waals surface area contributed by atoms with E-state index in [1.807, 2.05) is 18.2 Å². The summed E-state index contributed by atoms with van der Waals surface area (Å²) in [6.07, 6.45) is 0.994. The maximum absolute atomic E-state index is 5.68. The zero-order valence-electron chi connectivity index (χ0n) is 16.1. The molecule has 4 aromatic rings. The monoisotopic (exact) mass is 370 g/mol.